The summed E-state index contributed by atoms with van der Waals surface area (Å²) in [6.07, 6.45) is 0.414. The van der Waals surface area contributed by atoms with Crippen LogP contribution in [0.1, 0.15) is 13.3 Å². The molecule has 0 spiro atoms. The molecule has 0 aliphatic heterocycles. The Balaban J connectivity index is 2.91. The molecule has 0 fully saturated rings. The molecular formula is C12H14F3NO2S. The lowest BCUT2D eigenvalue weighted by Gasteiger charge is -2.18. The van der Waals surface area contributed by atoms with Crippen LogP contribution in [0.2, 0.25) is 0 Å². The van der Waals surface area contributed by atoms with Gasteiger partial charge in [-0.15, -0.1) is 0 Å². The van der Waals surface area contributed by atoms with Gasteiger partial charge in [0.15, 0.2) is 0 Å². The van der Waals surface area contributed by atoms with E-state index < -0.39 is 17.5 Å². The lowest BCUT2D eigenvalue weighted by atomic mass is 10.2. The quantitative estimate of drug-likeness (QED) is 0.664. The Labute approximate surface area is 113 Å². The van der Waals surface area contributed by atoms with Gasteiger partial charge in [0.05, 0.1) is 7.11 Å². The fourth-order valence-electron chi connectivity index (χ4n) is 1.46. The molecule has 0 heterocycles. The van der Waals surface area contributed by atoms with Crippen molar-refractivity contribution in [2.75, 3.05) is 12.4 Å². The molecule has 1 unspecified atom stereocenters. The number of benzene rings is 1. The number of thioether (sulfide) groups is 1. The molecule has 0 aromatic heterocycles. The average molecular weight is 293 g/mol. The van der Waals surface area contributed by atoms with Crippen molar-refractivity contribution in [1.82, 2.24) is 0 Å². The minimum atomic E-state index is -4.37. The number of hydrogen-bond donors (Lipinski definition) is 1. The highest BCUT2D eigenvalue weighted by molar-refractivity contribution is 8.00. The highest BCUT2D eigenvalue weighted by Gasteiger charge is 2.30. The Bertz CT molecular complexity index is 437. The zero-order valence-electron chi connectivity index (χ0n) is 10.5. The maximum Gasteiger partial charge on any atom is 0.446 e. The van der Waals surface area contributed by atoms with Gasteiger partial charge in [-0.25, -0.2) is 4.79 Å². The molecule has 0 aliphatic rings. The van der Waals surface area contributed by atoms with Crippen LogP contribution in [0.5, 0.6) is 0 Å². The third-order valence-corrected chi connectivity index (χ3v) is 3.14. The Hall–Kier alpha value is -1.37. The van der Waals surface area contributed by atoms with E-state index in [2.05, 4.69) is 10.1 Å². The van der Waals surface area contributed by atoms with Crippen molar-refractivity contribution < 1.29 is 22.7 Å². The highest BCUT2D eigenvalue weighted by atomic mass is 32.2. The van der Waals surface area contributed by atoms with Gasteiger partial charge in [-0.1, -0.05) is 19.1 Å². The zero-order valence-corrected chi connectivity index (χ0v) is 11.3. The lowest BCUT2D eigenvalue weighted by molar-refractivity contribution is -0.141. The Morgan fingerprint density at radius 1 is 1.42 bits per heavy atom. The number of ether oxygens (including phenoxy) is 1. The van der Waals surface area contributed by atoms with E-state index in [1.165, 1.54) is 25.3 Å². The number of hydrogen-bond acceptors (Lipinski definition) is 4. The molecule has 0 saturated heterocycles. The van der Waals surface area contributed by atoms with Crippen LogP contribution in [0.25, 0.3) is 0 Å². The first kappa shape index (κ1) is 15.7. The second-order valence-electron chi connectivity index (χ2n) is 3.67. The number of nitrogens with one attached hydrogen (secondary N) is 1. The first-order chi connectivity index (χ1) is 8.87. The predicted molar refractivity (Wildman–Crippen MR) is 68.1 cm³/mol. The van der Waals surface area contributed by atoms with Crippen molar-refractivity contribution in [1.29, 1.82) is 0 Å². The average Bonchev–Trinajstić information content (AvgIpc) is 2.35. The normalized spacial score (nSPS) is 12.9. The van der Waals surface area contributed by atoms with Gasteiger partial charge < -0.3 is 10.1 Å². The van der Waals surface area contributed by atoms with E-state index in [1.54, 1.807) is 13.0 Å². The largest absolute Gasteiger partial charge is 0.467 e. The van der Waals surface area contributed by atoms with Gasteiger partial charge >= 0.3 is 11.5 Å². The molecule has 1 N–H and O–H groups in total. The second-order valence-corrected chi connectivity index (χ2v) is 4.78. The van der Waals surface area contributed by atoms with Crippen LogP contribution in [0.3, 0.4) is 0 Å². The van der Waals surface area contributed by atoms with Crippen molar-refractivity contribution in [3.63, 3.8) is 0 Å². The van der Waals surface area contributed by atoms with Crippen LogP contribution in [-0.2, 0) is 9.53 Å². The first-order valence-corrected chi connectivity index (χ1v) is 6.38. The number of carbonyl (C=O) groups excluding carboxylic acids is 1. The van der Waals surface area contributed by atoms with Crippen LogP contribution >= 0.6 is 11.8 Å². The number of halogens is 3. The summed E-state index contributed by atoms with van der Waals surface area (Å²) in [5.41, 5.74) is -4.10. The van der Waals surface area contributed by atoms with Crippen LogP contribution < -0.4 is 5.32 Å². The summed E-state index contributed by atoms with van der Waals surface area (Å²) in [5.74, 6) is -0.505. The number of esters is 1. The SMILES string of the molecule is CCC(Nc1ccccc1SC(F)(F)F)C(=O)OC. The van der Waals surface area contributed by atoms with Gasteiger partial charge in [0, 0.05) is 10.6 Å². The summed E-state index contributed by atoms with van der Waals surface area (Å²) in [7, 11) is 1.24. The van der Waals surface area contributed by atoms with Gasteiger partial charge in [-0.3, -0.25) is 0 Å². The summed E-state index contributed by atoms with van der Waals surface area (Å²) in [6, 6.07) is 5.30. The molecule has 7 heteroatoms. The molecule has 1 atom stereocenters. The number of para-hydroxylation sites is 1. The third-order valence-electron chi connectivity index (χ3n) is 2.34. The molecule has 0 saturated carbocycles. The van der Waals surface area contributed by atoms with E-state index in [0.29, 0.717) is 6.42 Å². The molecule has 1 rings (SSSR count). The molecule has 0 aliphatic carbocycles. The number of carbonyl (C=O) groups is 1. The fraction of sp³-hybridized carbons (Fsp3) is 0.417. The highest BCUT2D eigenvalue weighted by Crippen LogP contribution is 2.40. The summed E-state index contributed by atoms with van der Waals surface area (Å²) in [4.78, 5) is 11.5. The van der Waals surface area contributed by atoms with Crippen LogP contribution in [0, 0.1) is 0 Å². The summed E-state index contributed by atoms with van der Waals surface area (Å²) in [5, 5.41) is 2.78. The third kappa shape index (κ3) is 5.02. The number of anilines is 1. The summed E-state index contributed by atoms with van der Waals surface area (Å²) >= 11 is -0.215. The Morgan fingerprint density at radius 3 is 2.58 bits per heavy atom. The van der Waals surface area contributed by atoms with Crippen LogP contribution in [0.15, 0.2) is 29.2 Å². The lowest BCUT2D eigenvalue weighted by Crippen LogP contribution is -2.30. The van der Waals surface area contributed by atoms with Crippen molar-refractivity contribution in [3.05, 3.63) is 24.3 Å². The van der Waals surface area contributed by atoms with E-state index in [1.807, 2.05) is 0 Å². The molecule has 0 amide bonds. The monoisotopic (exact) mass is 293 g/mol. The van der Waals surface area contributed by atoms with E-state index in [9.17, 15) is 18.0 Å². The molecule has 19 heavy (non-hydrogen) atoms. The van der Waals surface area contributed by atoms with E-state index >= 15 is 0 Å². The summed E-state index contributed by atoms with van der Waals surface area (Å²) in [6.45, 7) is 1.74. The maximum atomic E-state index is 12.4. The molecule has 0 bridgehead atoms. The van der Waals surface area contributed by atoms with E-state index in [4.69, 9.17) is 0 Å². The van der Waals surface area contributed by atoms with Crippen LogP contribution in [0.4, 0.5) is 18.9 Å². The van der Waals surface area contributed by atoms with Gasteiger partial charge in [-0.05, 0) is 30.3 Å². The predicted octanol–water partition coefficient (Wildman–Crippen LogP) is 3.66. The van der Waals surface area contributed by atoms with E-state index in [0.717, 1.165) is 0 Å². The molecule has 106 valence electrons. The molecule has 1 aromatic carbocycles. The van der Waals surface area contributed by atoms with Gasteiger partial charge in [0.2, 0.25) is 0 Å². The zero-order chi connectivity index (χ0) is 14.5. The van der Waals surface area contributed by atoms with Gasteiger partial charge in [0.25, 0.3) is 0 Å². The molecule has 3 nitrogen and oxygen atoms in total. The molecule has 1 aromatic rings. The molecular weight excluding hydrogens is 279 g/mol. The number of alkyl halides is 3. The van der Waals surface area contributed by atoms with Crippen molar-refractivity contribution >= 4 is 23.4 Å². The molecule has 0 radical (unpaired) electrons. The topological polar surface area (TPSA) is 38.3 Å². The standard InChI is InChI=1S/C12H14F3NO2S/c1-3-8(11(17)18-2)16-9-6-4-5-7-10(9)19-12(13,14)15/h4-8,16H,3H2,1-2H3. The van der Waals surface area contributed by atoms with Gasteiger partial charge in [-0.2, -0.15) is 13.2 Å². The second kappa shape index (κ2) is 6.70. The fourth-order valence-corrected chi connectivity index (χ4v) is 2.09. The maximum absolute atomic E-state index is 12.4. The number of rotatable bonds is 5. The minimum absolute atomic E-state index is 0.0253. The first-order valence-electron chi connectivity index (χ1n) is 5.56. The van der Waals surface area contributed by atoms with Crippen molar-refractivity contribution in [2.45, 2.75) is 29.8 Å². The Kier molecular flexibility index (Phi) is 5.53. The van der Waals surface area contributed by atoms with Crippen molar-refractivity contribution in [2.24, 2.45) is 0 Å². The smallest absolute Gasteiger partial charge is 0.446 e. The van der Waals surface area contributed by atoms with Crippen LogP contribution in [-0.4, -0.2) is 24.6 Å². The van der Waals surface area contributed by atoms with Crippen molar-refractivity contribution in [3.8, 4) is 0 Å². The minimum Gasteiger partial charge on any atom is -0.467 e. The Morgan fingerprint density at radius 2 is 2.05 bits per heavy atom. The summed E-state index contributed by atoms with van der Waals surface area (Å²) < 4.78 is 41.8. The van der Waals surface area contributed by atoms with E-state index in [-0.39, 0.29) is 22.3 Å². The van der Waals surface area contributed by atoms with Gasteiger partial charge in [0.1, 0.15) is 6.04 Å². The number of methoxy groups -OCH3 is 1.